The maximum atomic E-state index is 13.0. The number of ether oxygens (including phenoxy) is 2. The molecule has 1 atom stereocenters. The van der Waals surface area contributed by atoms with Gasteiger partial charge in [-0.2, -0.15) is 0 Å². The van der Waals surface area contributed by atoms with Gasteiger partial charge in [0.15, 0.2) is 6.04 Å². The summed E-state index contributed by atoms with van der Waals surface area (Å²) in [4.78, 5) is 50.0. The van der Waals surface area contributed by atoms with Gasteiger partial charge >= 0.3 is 17.9 Å². The molecular weight excluding hydrogens is 356 g/mol. The molecule has 0 aromatic heterocycles. The number of esters is 2. The van der Waals surface area contributed by atoms with E-state index in [0.717, 1.165) is 4.90 Å². The fourth-order valence-corrected chi connectivity index (χ4v) is 2.68. The summed E-state index contributed by atoms with van der Waals surface area (Å²) < 4.78 is 10.0. The summed E-state index contributed by atoms with van der Waals surface area (Å²) in [5.74, 6) is -3.66. The van der Waals surface area contributed by atoms with E-state index in [4.69, 9.17) is 14.6 Å². The molecule has 1 unspecified atom stereocenters. The van der Waals surface area contributed by atoms with Crippen molar-refractivity contribution in [1.29, 1.82) is 0 Å². The molecule has 9 nitrogen and oxygen atoms in total. The van der Waals surface area contributed by atoms with Crippen molar-refractivity contribution in [2.24, 2.45) is 0 Å². The number of nitrogens with zero attached hydrogens (tertiary/aromatic N) is 1. The van der Waals surface area contributed by atoms with Gasteiger partial charge in [0, 0.05) is 5.69 Å². The van der Waals surface area contributed by atoms with E-state index >= 15 is 0 Å². The van der Waals surface area contributed by atoms with Crippen molar-refractivity contribution >= 4 is 29.5 Å². The second kappa shape index (κ2) is 8.84. The van der Waals surface area contributed by atoms with Crippen LogP contribution in [-0.4, -0.2) is 54.7 Å². The predicted octanol–water partition coefficient (Wildman–Crippen LogP) is 0.456. The van der Waals surface area contributed by atoms with E-state index in [1.807, 2.05) is 0 Å². The summed E-state index contributed by atoms with van der Waals surface area (Å²) >= 11 is 0. The molecule has 0 saturated heterocycles. The Morgan fingerprint density at radius 2 is 1.74 bits per heavy atom. The lowest BCUT2D eigenvalue weighted by Gasteiger charge is -2.24. The molecule has 1 aliphatic heterocycles. The van der Waals surface area contributed by atoms with E-state index in [1.165, 1.54) is 0 Å². The van der Waals surface area contributed by atoms with Crippen LogP contribution in [0.15, 0.2) is 41.6 Å². The minimum atomic E-state index is -1.38. The first-order valence-corrected chi connectivity index (χ1v) is 8.34. The Morgan fingerprint density at radius 3 is 2.30 bits per heavy atom. The third kappa shape index (κ3) is 4.25. The van der Waals surface area contributed by atoms with Crippen LogP contribution < -0.4 is 10.2 Å². The molecule has 0 bridgehead atoms. The zero-order valence-electron chi connectivity index (χ0n) is 14.9. The van der Waals surface area contributed by atoms with Crippen LogP contribution in [0.4, 0.5) is 5.69 Å². The van der Waals surface area contributed by atoms with Gasteiger partial charge in [-0.25, -0.2) is 9.59 Å². The Morgan fingerprint density at radius 1 is 1.11 bits per heavy atom. The zero-order valence-corrected chi connectivity index (χ0v) is 14.9. The van der Waals surface area contributed by atoms with Crippen molar-refractivity contribution in [3.63, 3.8) is 0 Å². The largest absolute Gasteiger partial charge is 0.480 e. The second-order valence-electron chi connectivity index (χ2n) is 5.42. The lowest BCUT2D eigenvalue weighted by atomic mass is 10.1. The number of para-hydroxylation sites is 1. The average Bonchev–Trinajstić information content (AvgIpc) is 2.93. The number of carboxylic acid groups (broad SMARTS) is 1. The van der Waals surface area contributed by atoms with Gasteiger partial charge < -0.3 is 19.9 Å². The summed E-state index contributed by atoms with van der Waals surface area (Å²) in [6, 6.07) is 6.86. The molecule has 2 N–H and O–H groups in total. The van der Waals surface area contributed by atoms with Crippen LogP contribution in [-0.2, 0) is 28.7 Å². The van der Waals surface area contributed by atoms with E-state index < -0.39 is 36.4 Å². The standard InChI is InChI=1S/C18H20N2O7/c1-3-26-17(24)13-14(19-10-12(21)22)16(23)20(11-8-6-5-7-9-11)15(13)18(25)27-4-2/h5-9,15,19H,3-4,10H2,1-2H3,(H,21,22). The fourth-order valence-electron chi connectivity index (χ4n) is 2.68. The molecule has 9 heteroatoms. The summed E-state index contributed by atoms with van der Waals surface area (Å²) in [5, 5.41) is 11.3. The number of benzene rings is 1. The minimum Gasteiger partial charge on any atom is -0.480 e. The highest BCUT2D eigenvalue weighted by molar-refractivity contribution is 6.20. The molecule has 0 saturated carbocycles. The topological polar surface area (TPSA) is 122 Å². The molecule has 0 aliphatic carbocycles. The average molecular weight is 376 g/mol. The van der Waals surface area contributed by atoms with Gasteiger partial charge in [0.05, 0.1) is 13.2 Å². The number of carbonyl (C=O) groups is 4. The van der Waals surface area contributed by atoms with Crippen molar-refractivity contribution in [3.05, 3.63) is 41.6 Å². The molecule has 1 aromatic carbocycles. The van der Waals surface area contributed by atoms with Crippen LogP contribution >= 0.6 is 0 Å². The molecule has 1 aliphatic rings. The van der Waals surface area contributed by atoms with E-state index in [-0.39, 0.29) is 24.5 Å². The predicted molar refractivity (Wildman–Crippen MR) is 93.6 cm³/mol. The van der Waals surface area contributed by atoms with E-state index in [1.54, 1.807) is 44.2 Å². The quantitative estimate of drug-likeness (QED) is 0.628. The van der Waals surface area contributed by atoms with Crippen LogP contribution in [0.2, 0.25) is 0 Å². The summed E-state index contributed by atoms with van der Waals surface area (Å²) in [6.45, 7) is 2.62. The van der Waals surface area contributed by atoms with Gasteiger partial charge in [-0.1, -0.05) is 18.2 Å². The minimum absolute atomic E-state index is 0.0175. The molecule has 1 aromatic rings. The zero-order chi connectivity index (χ0) is 20.0. The molecule has 144 valence electrons. The van der Waals surface area contributed by atoms with Crippen molar-refractivity contribution < 1.29 is 33.8 Å². The maximum Gasteiger partial charge on any atom is 0.339 e. The van der Waals surface area contributed by atoms with Crippen LogP contribution in [0.25, 0.3) is 0 Å². The van der Waals surface area contributed by atoms with Crippen LogP contribution in [0.5, 0.6) is 0 Å². The number of nitrogens with one attached hydrogen (secondary N) is 1. The van der Waals surface area contributed by atoms with Crippen molar-refractivity contribution in [1.82, 2.24) is 5.32 Å². The number of rotatable bonds is 8. The van der Waals surface area contributed by atoms with Crippen LogP contribution in [0.3, 0.4) is 0 Å². The number of carboxylic acids is 1. The summed E-state index contributed by atoms with van der Waals surface area (Å²) in [5.41, 5.74) is -0.211. The Bertz CT molecular complexity index is 773. The highest BCUT2D eigenvalue weighted by Crippen LogP contribution is 2.32. The first kappa shape index (κ1) is 20.0. The van der Waals surface area contributed by atoms with Crippen molar-refractivity contribution in [3.8, 4) is 0 Å². The van der Waals surface area contributed by atoms with Gasteiger partial charge in [0.2, 0.25) is 0 Å². The number of amides is 1. The molecule has 2 rings (SSSR count). The summed E-state index contributed by atoms with van der Waals surface area (Å²) in [6.07, 6.45) is 0. The van der Waals surface area contributed by atoms with Gasteiger partial charge in [0.1, 0.15) is 17.8 Å². The molecular formula is C18H20N2O7. The molecule has 27 heavy (non-hydrogen) atoms. The third-order valence-corrected chi connectivity index (χ3v) is 3.69. The van der Waals surface area contributed by atoms with Gasteiger partial charge in [-0.15, -0.1) is 0 Å². The lowest BCUT2D eigenvalue weighted by molar-refractivity contribution is -0.147. The Kier molecular flexibility index (Phi) is 6.53. The number of carbonyl (C=O) groups excluding carboxylic acids is 3. The van der Waals surface area contributed by atoms with Crippen LogP contribution in [0.1, 0.15) is 13.8 Å². The monoisotopic (exact) mass is 376 g/mol. The maximum absolute atomic E-state index is 13.0. The molecule has 0 fully saturated rings. The third-order valence-electron chi connectivity index (χ3n) is 3.69. The first-order chi connectivity index (χ1) is 12.9. The normalized spacial score (nSPS) is 16.3. The van der Waals surface area contributed by atoms with Crippen LogP contribution in [0, 0.1) is 0 Å². The Hall–Kier alpha value is -3.36. The van der Waals surface area contributed by atoms with E-state index in [0.29, 0.717) is 5.69 Å². The number of aliphatic carboxylic acids is 1. The highest BCUT2D eigenvalue weighted by Gasteiger charge is 2.48. The number of hydrogen-bond acceptors (Lipinski definition) is 7. The van der Waals surface area contributed by atoms with Crippen molar-refractivity contribution in [2.75, 3.05) is 24.7 Å². The first-order valence-electron chi connectivity index (χ1n) is 8.34. The van der Waals surface area contributed by atoms with Gasteiger partial charge in [-0.3, -0.25) is 14.5 Å². The highest BCUT2D eigenvalue weighted by atomic mass is 16.5. The van der Waals surface area contributed by atoms with Gasteiger partial charge in [-0.05, 0) is 26.0 Å². The number of hydrogen-bond donors (Lipinski definition) is 2. The SMILES string of the molecule is CCOC(=O)C1=C(NCC(=O)O)C(=O)N(c2ccccc2)C1C(=O)OCC. The van der Waals surface area contributed by atoms with E-state index in [9.17, 15) is 19.2 Å². The van der Waals surface area contributed by atoms with Gasteiger partial charge in [0.25, 0.3) is 5.91 Å². The summed E-state index contributed by atoms with van der Waals surface area (Å²) in [7, 11) is 0. The van der Waals surface area contributed by atoms with Crippen molar-refractivity contribution in [2.45, 2.75) is 19.9 Å². The van der Waals surface area contributed by atoms with E-state index in [2.05, 4.69) is 5.32 Å². The number of anilines is 1. The molecule has 0 spiro atoms. The molecule has 0 radical (unpaired) electrons. The molecule has 1 amide bonds. The fraction of sp³-hybridized carbons (Fsp3) is 0.333. The Balaban J connectivity index is 2.57. The Labute approximate surface area is 155 Å². The second-order valence-corrected chi connectivity index (χ2v) is 5.42. The lowest BCUT2D eigenvalue weighted by Crippen LogP contribution is -2.44. The molecule has 1 heterocycles. The smallest absolute Gasteiger partial charge is 0.339 e.